The zero-order valence-electron chi connectivity index (χ0n) is 10.0. The predicted octanol–water partition coefficient (Wildman–Crippen LogP) is 2.98. The summed E-state index contributed by atoms with van der Waals surface area (Å²) in [6.07, 6.45) is 3.62. The molecule has 1 atom stereocenters. The second kappa shape index (κ2) is 5.87. The van der Waals surface area contributed by atoms with Crippen LogP contribution in [-0.4, -0.2) is 16.1 Å². The van der Waals surface area contributed by atoms with Crippen molar-refractivity contribution in [2.24, 2.45) is 7.05 Å². The summed E-state index contributed by atoms with van der Waals surface area (Å²) in [5.41, 5.74) is 2.05. The molecule has 1 aliphatic rings. The van der Waals surface area contributed by atoms with Crippen LogP contribution in [0.5, 0.6) is 0 Å². The summed E-state index contributed by atoms with van der Waals surface area (Å²) in [5.74, 6) is -0.274. The van der Waals surface area contributed by atoms with E-state index in [2.05, 4.69) is 14.9 Å². The molecule has 6 heteroatoms. The Bertz CT molecular complexity index is 535. The number of nitrogens with zero attached hydrogens (tertiary/aromatic N) is 2. The van der Waals surface area contributed by atoms with E-state index in [4.69, 9.17) is 0 Å². The Hall–Kier alpha value is -0.840. The molecule has 0 aliphatic carbocycles. The highest BCUT2D eigenvalue weighted by atomic mass is 35.5. The maximum absolute atomic E-state index is 13.1. The van der Waals surface area contributed by atoms with E-state index in [0.29, 0.717) is 6.04 Å². The molecule has 18 heavy (non-hydrogen) atoms. The second-order valence-electron chi connectivity index (χ2n) is 4.34. The third-order valence-corrected chi connectivity index (χ3v) is 3.29. The summed E-state index contributed by atoms with van der Waals surface area (Å²) in [7, 11) is 1.99. The van der Waals surface area contributed by atoms with E-state index in [1.807, 2.05) is 13.1 Å². The van der Waals surface area contributed by atoms with Crippen LogP contribution in [0.2, 0.25) is 0 Å². The van der Waals surface area contributed by atoms with Gasteiger partial charge in [-0.15, -0.1) is 24.8 Å². The van der Waals surface area contributed by atoms with Gasteiger partial charge >= 0.3 is 0 Å². The van der Waals surface area contributed by atoms with Crippen molar-refractivity contribution in [2.75, 3.05) is 6.54 Å². The number of halogens is 3. The topological polar surface area (TPSA) is 29.9 Å². The number of nitrogens with one attached hydrogen (secondary N) is 1. The largest absolute Gasteiger partial charge is 0.331 e. The summed E-state index contributed by atoms with van der Waals surface area (Å²) in [5, 5.41) is 4.33. The standard InChI is InChI=1S/C12H14FN3.2ClH/c1-16-11(10-3-2-4-14-10)6-8-5-9(13)7-15-12(8)16;;/h5-7,10,14H,2-4H2,1H3;2*1H. The monoisotopic (exact) mass is 291 g/mol. The Morgan fingerprint density at radius 1 is 1.39 bits per heavy atom. The highest BCUT2D eigenvalue weighted by Crippen LogP contribution is 2.27. The van der Waals surface area contributed by atoms with Crippen LogP contribution in [0.25, 0.3) is 11.0 Å². The number of rotatable bonds is 1. The highest BCUT2D eigenvalue weighted by molar-refractivity contribution is 5.85. The van der Waals surface area contributed by atoms with E-state index in [9.17, 15) is 4.39 Å². The van der Waals surface area contributed by atoms with Gasteiger partial charge in [-0.1, -0.05) is 0 Å². The Labute approximate surface area is 118 Å². The first-order valence-corrected chi connectivity index (χ1v) is 5.60. The average molecular weight is 292 g/mol. The van der Waals surface area contributed by atoms with Crippen LogP contribution in [0.15, 0.2) is 18.3 Å². The van der Waals surface area contributed by atoms with Gasteiger partial charge in [-0.2, -0.15) is 0 Å². The maximum atomic E-state index is 13.1. The smallest absolute Gasteiger partial charge is 0.142 e. The molecule has 3 heterocycles. The van der Waals surface area contributed by atoms with Gasteiger partial charge in [-0.25, -0.2) is 9.37 Å². The average Bonchev–Trinajstić information content (AvgIpc) is 2.86. The van der Waals surface area contributed by atoms with Crippen LogP contribution in [-0.2, 0) is 7.05 Å². The molecule has 2 aromatic rings. The van der Waals surface area contributed by atoms with Gasteiger partial charge in [-0.3, -0.25) is 0 Å². The number of aromatic nitrogens is 2. The van der Waals surface area contributed by atoms with Crippen LogP contribution in [0.3, 0.4) is 0 Å². The molecule has 0 saturated carbocycles. The van der Waals surface area contributed by atoms with E-state index in [-0.39, 0.29) is 30.6 Å². The molecule has 0 radical (unpaired) electrons. The van der Waals surface area contributed by atoms with Crippen molar-refractivity contribution in [3.63, 3.8) is 0 Å². The minimum Gasteiger partial charge on any atom is -0.331 e. The minimum absolute atomic E-state index is 0. The molecule has 3 rings (SSSR count). The van der Waals surface area contributed by atoms with Gasteiger partial charge in [0.2, 0.25) is 0 Å². The highest BCUT2D eigenvalue weighted by Gasteiger charge is 2.20. The van der Waals surface area contributed by atoms with Crippen molar-refractivity contribution in [3.05, 3.63) is 29.8 Å². The van der Waals surface area contributed by atoms with Crippen molar-refractivity contribution in [3.8, 4) is 0 Å². The predicted molar refractivity (Wildman–Crippen MR) is 75.1 cm³/mol. The lowest BCUT2D eigenvalue weighted by molar-refractivity contribution is 0.602. The number of pyridine rings is 1. The second-order valence-corrected chi connectivity index (χ2v) is 4.34. The number of fused-ring (bicyclic) bond motifs is 1. The molecule has 3 nitrogen and oxygen atoms in total. The number of hydrogen-bond donors (Lipinski definition) is 1. The Kier molecular flexibility index (Phi) is 4.96. The molecule has 1 N–H and O–H groups in total. The normalized spacial score (nSPS) is 18.4. The molecule has 1 aliphatic heterocycles. The van der Waals surface area contributed by atoms with Crippen LogP contribution >= 0.6 is 24.8 Å². The van der Waals surface area contributed by atoms with E-state index < -0.39 is 0 Å². The van der Waals surface area contributed by atoms with Gasteiger partial charge in [0, 0.05) is 24.2 Å². The fourth-order valence-electron chi connectivity index (χ4n) is 2.48. The van der Waals surface area contributed by atoms with E-state index in [1.54, 1.807) is 6.07 Å². The maximum Gasteiger partial charge on any atom is 0.142 e. The zero-order valence-corrected chi connectivity index (χ0v) is 11.7. The molecular weight excluding hydrogens is 276 g/mol. The lowest BCUT2D eigenvalue weighted by Crippen LogP contribution is -2.15. The van der Waals surface area contributed by atoms with Gasteiger partial charge in [0.1, 0.15) is 11.5 Å². The SMILES string of the molecule is Cl.Cl.Cn1c(C2CCCN2)cc2cc(F)cnc21. The van der Waals surface area contributed by atoms with Crippen LogP contribution in [0.4, 0.5) is 4.39 Å². The summed E-state index contributed by atoms with van der Waals surface area (Å²) < 4.78 is 15.1. The third kappa shape index (κ3) is 2.46. The first-order valence-electron chi connectivity index (χ1n) is 5.60. The molecule has 1 saturated heterocycles. The molecule has 100 valence electrons. The van der Waals surface area contributed by atoms with Crippen molar-refractivity contribution in [2.45, 2.75) is 18.9 Å². The minimum atomic E-state index is -0.274. The summed E-state index contributed by atoms with van der Waals surface area (Å²) in [6, 6.07) is 3.97. The summed E-state index contributed by atoms with van der Waals surface area (Å²) in [6.45, 7) is 1.06. The van der Waals surface area contributed by atoms with E-state index in [0.717, 1.165) is 24.0 Å². The quantitative estimate of drug-likeness (QED) is 0.875. The van der Waals surface area contributed by atoms with Gasteiger partial charge in [0.05, 0.1) is 6.20 Å². The summed E-state index contributed by atoms with van der Waals surface area (Å²) >= 11 is 0. The van der Waals surface area contributed by atoms with Gasteiger partial charge in [0.15, 0.2) is 0 Å². The summed E-state index contributed by atoms with van der Waals surface area (Å²) in [4.78, 5) is 4.13. The molecule has 0 bridgehead atoms. The van der Waals surface area contributed by atoms with Gasteiger partial charge in [-0.05, 0) is 31.5 Å². The van der Waals surface area contributed by atoms with Gasteiger partial charge in [0.25, 0.3) is 0 Å². The van der Waals surface area contributed by atoms with E-state index in [1.165, 1.54) is 18.3 Å². The molecular formula is C12H16Cl2FN3. The third-order valence-electron chi connectivity index (χ3n) is 3.29. The molecule has 0 amide bonds. The van der Waals surface area contributed by atoms with Crippen molar-refractivity contribution in [1.29, 1.82) is 0 Å². The Morgan fingerprint density at radius 3 is 2.83 bits per heavy atom. The zero-order chi connectivity index (χ0) is 11.1. The fraction of sp³-hybridized carbons (Fsp3) is 0.417. The molecule has 1 unspecified atom stereocenters. The molecule has 2 aromatic heterocycles. The lowest BCUT2D eigenvalue weighted by atomic mass is 10.1. The first-order chi connectivity index (χ1) is 7.75. The number of aryl methyl sites for hydroxylation is 1. The van der Waals surface area contributed by atoms with Crippen molar-refractivity contribution < 1.29 is 4.39 Å². The van der Waals surface area contributed by atoms with Crippen LogP contribution in [0, 0.1) is 5.82 Å². The Morgan fingerprint density at radius 2 is 2.17 bits per heavy atom. The number of hydrogen-bond acceptors (Lipinski definition) is 2. The van der Waals surface area contributed by atoms with Crippen LogP contribution < -0.4 is 5.32 Å². The first kappa shape index (κ1) is 15.2. The lowest BCUT2D eigenvalue weighted by Gasteiger charge is -2.11. The Balaban J connectivity index is 0.000000810. The van der Waals surface area contributed by atoms with E-state index >= 15 is 0 Å². The fourth-order valence-corrected chi connectivity index (χ4v) is 2.48. The van der Waals surface area contributed by atoms with Crippen molar-refractivity contribution >= 4 is 35.8 Å². The van der Waals surface area contributed by atoms with Crippen molar-refractivity contribution in [1.82, 2.24) is 14.9 Å². The van der Waals surface area contributed by atoms with Crippen LogP contribution in [0.1, 0.15) is 24.6 Å². The molecule has 0 aromatic carbocycles. The molecule has 1 fully saturated rings. The molecule has 0 spiro atoms. The van der Waals surface area contributed by atoms with Gasteiger partial charge < -0.3 is 9.88 Å².